The summed E-state index contributed by atoms with van der Waals surface area (Å²) in [5, 5.41) is 6.23. The minimum absolute atomic E-state index is 0.00968. The van der Waals surface area contributed by atoms with Crippen molar-refractivity contribution < 1.29 is 4.79 Å². The molecular formula is C11H23N3OS. The fourth-order valence-corrected chi connectivity index (χ4v) is 2.67. The van der Waals surface area contributed by atoms with Crippen molar-refractivity contribution in [1.82, 2.24) is 15.5 Å². The van der Waals surface area contributed by atoms with Gasteiger partial charge in [-0.3, -0.25) is 4.79 Å². The van der Waals surface area contributed by atoms with E-state index in [1.807, 2.05) is 11.8 Å². The van der Waals surface area contributed by atoms with Gasteiger partial charge in [-0.2, -0.15) is 11.8 Å². The third-order valence-corrected chi connectivity index (χ3v) is 3.92. The second-order valence-corrected chi connectivity index (χ2v) is 5.05. The van der Waals surface area contributed by atoms with Gasteiger partial charge in [-0.25, -0.2) is 0 Å². The highest BCUT2D eigenvalue weighted by molar-refractivity contribution is 7.99. The fraction of sp³-hybridized carbons (Fsp3) is 0.909. The quantitative estimate of drug-likeness (QED) is 0.699. The first-order valence-electron chi connectivity index (χ1n) is 6.09. The Balaban J connectivity index is 2.13. The van der Waals surface area contributed by atoms with Gasteiger partial charge in [0, 0.05) is 31.1 Å². The molecule has 1 aliphatic heterocycles. The van der Waals surface area contributed by atoms with Crippen LogP contribution in [-0.2, 0) is 4.79 Å². The normalized spacial score (nSPS) is 21.1. The molecule has 0 aromatic rings. The Morgan fingerprint density at radius 3 is 2.81 bits per heavy atom. The topological polar surface area (TPSA) is 44.4 Å². The number of nitrogens with zero attached hydrogens (tertiary/aromatic N) is 1. The van der Waals surface area contributed by atoms with Gasteiger partial charge in [0.25, 0.3) is 0 Å². The smallest absolute Gasteiger partial charge is 0.238 e. The van der Waals surface area contributed by atoms with Gasteiger partial charge in [-0.05, 0) is 13.1 Å². The highest BCUT2D eigenvalue weighted by Crippen LogP contribution is 2.07. The first kappa shape index (κ1) is 13.8. The number of amides is 1. The van der Waals surface area contributed by atoms with Crippen LogP contribution in [0.25, 0.3) is 0 Å². The van der Waals surface area contributed by atoms with Crippen LogP contribution < -0.4 is 10.6 Å². The van der Waals surface area contributed by atoms with Crippen LogP contribution in [0.4, 0.5) is 0 Å². The minimum atomic E-state index is 0.00968. The summed E-state index contributed by atoms with van der Waals surface area (Å²) in [5.74, 6) is 2.17. The molecule has 0 aromatic heterocycles. The van der Waals surface area contributed by atoms with Crippen LogP contribution in [0.15, 0.2) is 0 Å². The molecule has 1 heterocycles. The molecule has 0 aliphatic carbocycles. The van der Waals surface area contributed by atoms with E-state index in [4.69, 9.17) is 0 Å². The molecule has 1 fully saturated rings. The summed E-state index contributed by atoms with van der Waals surface area (Å²) in [6.07, 6.45) is 0. The largest absolute Gasteiger partial charge is 0.353 e. The van der Waals surface area contributed by atoms with E-state index in [-0.39, 0.29) is 11.9 Å². The summed E-state index contributed by atoms with van der Waals surface area (Å²) in [5.41, 5.74) is 0. The van der Waals surface area contributed by atoms with Gasteiger partial charge >= 0.3 is 0 Å². The van der Waals surface area contributed by atoms with E-state index in [0.29, 0.717) is 0 Å². The summed E-state index contributed by atoms with van der Waals surface area (Å²) >= 11 is 1.85. The lowest BCUT2D eigenvalue weighted by molar-refractivity contribution is -0.122. The highest BCUT2D eigenvalue weighted by atomic mass is 32.2. The standard InChI is InChI=1S/C11H23N3OS/c1-3-14(4-2)7-5-13-11(15)10-9-16-8-6-12-10/h10,12H,3-9H2,1-2H3,(H,13,15). The summed E-state index contributed by atoms with van der Waals surface area (Å²) < 4.78 is 0. The Labute approximate surface area is 103 Å². The molecule has 16 heavy (non-hydrogen) atoms. The second kappa shape index (κ2) is 7.92. The van der Waals surface area contributed by atoms with Gasteiger partial charge in [0.2, 0.25) is 5.91 Å². The molecule has 0 aromatic carbocycles. The first-order valence-corrected chi connectivity index (χ1v) is 7.24. The first-order chi connectivity index (χ1) is 7.77. The average molecular weight is 245 g/mol. The molecule has 0 spiro atoms. The monoisotopic (exact) mass is 245 g/mol. The predicted molar refractivity (Wildman–Crippen MR) is 69.9 cm³/mol. The minimum Gasteiger partial charge on any atom is -0.353 e. The van der Waals surface area contributed by atoms with Crippen LogP contribution in [-0.4, -0.2) is 61.1 Å². The zero-order valence-electron chi connectivity index (χ0n) is 10.3. The van der Waals surface area contributed by atoms with E-state index < -0.39 is 0 Å². The number of nitrogens with one attached hydrogen (secondary N) is 2. The number of carbonyl (C=O) groups is 1. The molecule has 94 valence electrons. The van der Waals surface area contributed by atoms with Crippen LogP contribution in [0.5, 0.6) is 0 Å². The van der Waals surface area contributed by atoms with Crippen LogP contribution in [0.2, 0.25) is 0 Å². The van der Waals surface area contributed by atoms with Crippen LogP contribution in [0.1, 0.15) is 13.8 Å². The molecule has 1 amide bonds. The molecular weight excluding hydrogens is 222 g/mol. The maximum absolute atomic E-state index is 11.8. The van der Waals surface area contributed by atoms with Crippen molar-refractivity contribution in [3.63, 3.8) is 0 Å². The van der Waals surface area contributed by atoms with Gasteiger partial charge in [0.1, 0.15) is 0 Å². The lowest BCUT2D eigenvalue weighted by Crippen LogP contribution is -2.50. The van der Waals surface area contributed by atoms with Crippen molar-refractivity contribution in [3.8, 4) is 0 Å². The molecule has 2 N–H and O–H groups in total. The lowest BCUT2D eigenvalue weighted by atomic mass is 10.3. The Morgan fingerprint density at radius 2 is 2.25 bits per heavy atom. The zero-order valence-corrected chi connectivity index (χ0v) is 11.1. The number of likely N-dealkylation sites (N-methyl/N-ethyl adjacent to an activating group) is 1. The number of rotatable bonds is 6. The van der Waals surface area contributed by atoms with Gasteiger partial charge in [-0.15, -0.1) is 0 Å². The summed E-state index contributed by atoms with van der Waals surface area (Å²) in [4.78, 5) is 14.1. The Hall–Kier alpha value is -0.260. The van der Waals surface area contributed by atoms with Crippen molar-refractivity contribution in [2.45, 2.75) is 19.9 Å². The van der Waals surface area contributed by atoms with E-state index in [0.717, 1.165) is 44.2 Å². The molecule has 4 nitrogen and oxygen atoms in total. The molecule has 1 rings (SSSR count). The van der Waals surface area contributed by atoms with E-state index in [1.54, 1.807) is 0 Å². The SMILES string of the molecule is CCN(CC)CCNC(=O)C1CSCCN1. The molecule has 1 unspecified atom stereocenters. The Bertz CT molecular complexity index is 203. The highest BCUT2D eigenvalue weighted by Gasteiger charge is 2.20. The van der Waals surface area contributed by atoms with E-state index in [2.05, 4.69) is 29.4 Å². The van der Waals surface area contributed by atoms with Gasteiger partial charge in [0.15, 0.2) is 0 Å². The number of thioether (sulfide) groups is 1. The van der Waals surface area contributed by atoms with Gasteiger partial charge < -0.3 is 15.5 Å². The maximum Gasteiger partial charge on any atom is 0.238 e. The van der Waals surface area contributed by atoms with Crippen LogP contribution in [0.3, 0.4) is 0 Å². The maximum atomic E-state index is 11.8. The Morgan fingerprint density at radius 1 is 1.50 bits per heavy atom. The fourth-order valence-electron chi connectivity index (χ4n) is 1.73. The van der Waals surface area contributed by atoms with Crippen molar-refractivity contribution in [3.05, 3.63) is 0 Å². The van der Waals surface area contributed by atoms with Crippen LogP contribution >= 0.6 is 11.8 Å². The molecule has 1 saturated heterocycles. The third-order valence-electron chi connectivity index (χ3n) is 2.86. The third kappa shape index (κ3) is 4.72. The Kier molecular flexibility index (Phi) is 6.84. The van der Waals surface area contributed by atoms with Gasteiger partial charge in [0.05, 0.1) is 6.04 Å². The number of hydrogen-bond acceptors (Lipinski definition) is 4. The summed E-state index contributed by atoms with van der Waals surface area (Å²) in [6.45, 7) is 9.02. The molecule has 1 aliphatic rings. The van der Waals surface area contributed by atoms with E-state index in [1.165, 1.54) is 0 Å². The molecule has 0 saturated carbocycles. The molecule has 5 heteroatoms. The molecule has 0 bridgehead atoms. The lowest BCUT2D eigenvalue weighted by Gasteiger charge is -2.23. The van der Waals surface area contributed by atoms with Crippen LogP contribution in [0, 0.1) is 0 Å². The van der Waals surface area contributed by atoms with E-state index >= 15 is 0 Å². The average Bonchev–Trinajstić information content (AvgIpc) is 2.35. The number of hydrogen-bond donors (Lipinski definition) is 2. The summed E-state index contributed by atoms with van der Waals surface area (Å²) in [7, 11) is 0. The molecule has 0 radical (unpaired) electrons. The second-order valence-electron chi connectivity index (χ2n) is 3.90. The predicted octanol–water partition coefficient (Wildman–Crippen LogP) is 0.149. The van der Waals surface area contributed by atoms with Crippen molar-refractivity contribution in [1.29, 1.82) is 0 Å². The van der Waals surface area contributed by atoms with Crippen molar-refractivity contribution in [2.75, 3.05) is 44.2 Å². The van der Waals surface area contributed by atoms with Crippen molar-refractivity contribution >= 4 is 17.7 Å². The number of carbonyl (C=O) groups excluding carboxylic acids is 1. The molecule has 1 atom stereocenters. The zero-order chi connectivity index (χ0) is 11.8. The van der Waals surface area contributed by atoms with Gasteiger partial charge in [-0.1, -0.05) is 13.8 Å². The van der Waals surface area contributed by atoms with E-state index in [9.17, 15) is 4.79 Å². The van der Waals surface area contributed by atoms with Crippen molar-refractivity contribution in [2.24, 2.45) is 0 Å². The summed E-state index contributed by atoms with van der Waals surface area (Å²) in [6, 6.07) is 0.00968.